The minimum atomic E-state index is -2.79. The van der Waals surface area contributed by atoms with E-state index in [-0.39, 0.29) is 0 Å². The van der Waals surface area contributed by atoms with E-state index in [1.807, 2.05) is 0 Å². The normalized spacial score (nSPS) is 10.5. The van der Waals surface area contributed by atoms with Crippen LogP contribution in [0.1, 0.15) is 12.0 Å². The number of hydrogen-bond donors (Lipinski definition) is 0. The zero-order valence-corrected chi connectivity index (χ0v) is 6.83. The van der Waals surface area contributed by atoms with E-state index in [9.17, 15) is 18.9 Å². The molecular formula is C6H3ClF2N2O2. The zero-order chi connectivity index (χ0) is 10.0. The second-order valence-corrected chi connectivity index (χ2v) is 2.49. The van der Waals surface area contributed by atoms with Gasteiger partial charge >= 0.3 is 5.69 Å². The van der Waals surface area contributed by atoms with Crippen LogP contribution >= 0.6 is 11.6 Å². The first-order chi connectivity index (χ1) is 6.02. The Balaban J connectivity index is 3.19. The number of hydrogen-bond acceptors (Lipinski definition) is 3. The third-order valence-electron chi connectivity index (χ3n) is 1.29. The minimum Gasteiger partial charge on any atom is -0.258 e. The fourth-order valence-electron chi connectivity index (χ4n) is 0.699. The van der Waals surface area contributed by atoms with E-state index in [1.54, 1.807) is 0 Å². The molecule has 1 heterocycles. The molecule has 1 aromatic rings. The second kappa shape index (κ2) is 3.61. The summed E-state index contributed by atoms with van der Waals surface area (Å²) in [5.74, 6) is 0. The van der Waals surface area contributed by atoms with Gasteiger partial charge in [-0.1, -0.05) is 11.6 Å². The van der Waals surface area contributed by atoms with Crippen molar-refractivity contribution in [1.82, 2.24) is 4.98 Å². The maximum atomic E-state index is 12.0. The van der Waals surface area contributed by atoms with Gasteiger partial charge < -0.3 is 0 Å². The van der Waals surface area contributed by atoms with Gasteiger partial charge in [-0.25, -0.2) is 13.8 Å². The van der Waals surface area contributed by atoms with Gasteiger partial charge in [0.2, 0.25) is 5.15 Å². The van der Waals surface area contributed by atoms with Crippen LogP contribution in [0.4, 0.5) is 14.5 Å². The molecule has 0 aliphatic heterocycles. The van der Waals surface area contributed by atoms with Crippen molar-refractivity contribution < 1.29 is 13.7 Å². The van der Waals surface area contributed by atoms with Gasteiger partial charge in [0.15, 0.2) is 0 Å². The van der Waals surface area contributed by atoms with Crippen molar-refractivity contribution in [3.05, 3.63) is 33.1 Å². The maximum absolute atomic E-state index is 12.0. The lowest BCUT2D eigenvalue weighted by molar-refractivity contribution is -0.385. The van der Waals surface area contributed by atoms with Crippen LogP contribution in [0.3, 0.4) is 0 Å². The van der Waals surface area contributed by atoms with Crippen molar-refractivity contribution in [2.45, 2.75) is 6.43 Å². The van der Waals surface area contributed by atoms with E-state index >= 15 is 0 Å². The molecule has 70 valence electrons. The second-order valence-electron chi connectivity index (χ2n) is 2.14. The molecule has 0 amide bonds. The summed E-state index contributed by atoms with van der Waals surface area (Å²) in [4.78, 5) is 12.6. The summed E-state index contributed by atoms with van der Waals surface area (Å²) in [5, 5.41) is 9.84. The van der Waals surface area contributed by atoms with Crippen LogP contribution in [-0.4, -0.2) is 9.91 Å². The Morgan fingerprint density at radius 3 is 2.69 bits per heavy atom. The average molecular weight is 209 g/mol. The van der Waals surface area contributed by atoms with Crippen molar-refractivity contribution in [1.29, 1.82) is 0 Å². The number of halogens is 3. The van der Waals surface area contributed by atoms with E-state index in [0.29, 0.717) is 6.07 Å². The van der Waals surface area contributed by atoms with Crippen molar-refractivity contribution in [2.24, 2.45) is 0 Å². The molecule has 0 bridgehead atoms. The van der Waals surface area contributed by atoms with Crippen LogP contribution in [0.15, 0.2) is 12.3 Å². The lowest BCUT2D eigenvalue weighted by Gasteiger charge is -1.98. The molecule has 1 aromatic heterocycles. The molecule has 7 heteroatoms. The fourth-order valence-corrected chi connectivity index (χ4v) is 0.872. The van der Waals surface area contributed by atoms with E-state index in [0.717, 1.165) is 6.20 Å². The Morgan fingerprint density at radius 2 is 2.23 bits per heavy atom. The topological polar surface area (TPSA) is 56.0 Å². The summed E-state index contributed by atoms with van der Waals surface area (Å²) < 4.78 is 24.1. The quantitative estimate of drug-likeness (QED) is 0.426. The first-order valence-corrected chi connectivity index (χ1v) is 3.48. The van der Waals surface area contributed by atoms with Gasteiger partial charge in [-0.3, -0.25) is 10.1 Å². The monoisotopic (exact) mass is 208 g/mol. The van der Waals surface area contributed by atoms with Gasteiger partial charge in [-0.15, -0.1) is 0 Å². The molecule has 0 radical (unpaired) electrons. The molecular weight excluding hydrogens is 206 g/mol. The highest BCUT2D eigenvalue weighted by molar-refractivity contribution is 6.31. The first kappa shape index (κ1) is 9.79. The molecule has 0 spiro atoms. The standard InChI is InChI=1S/C6H3ClF2N2O2/c7-5-4(11(12)13)1-3(2-10-5)6(8)9/h1-2,6H. The van der Waals surface area contributed by atoms with Crippen molar-refractivity contribution in [2.75, 3.05) is 0 Å². The van der Waals surface area contributed by atoms with Crippen LogP contribution in [0, 0.1) is 10.1 Å². The van der Waals surface area contributed by atoms with Crippen LogP contribution < -0.4 is 0 Å². The van der Waals surface area contributed by atoms with Gasteiger partial charge in [0, 0.05) is 17.8 Å². The third kappa shape index (κ3) is 2.09. The smallest absolute Gasteiger partial charge is 0.258 e. The number of nitro groups is 1. The zero-order valence-electron chi connectivity index (χ0n) is 6.08. The largest absolute Gasteiger partial charge is 0.306 e. The van der Waals surface area contributed by atoms with Crippen LogP contribution in [-0.2, 0) is 0 Å². The molecule has 13 heavy (non-hydrogen) atoms. The molecule has 0 atom stereocenters. The molecule has 0 unspecified atom stereocenters. The van der Waals surface area contributed by atoms with Crippen LogP contribution in [0.25, 0.3) is 0 Å². The molecule has 0 aromatic carbocycles. The Labute approximate surface area is 76.3 Å². The van der Waals surface area contributed by atoms with Crippen LogP contribution in [0.2, 0.25) is 5.15 Å². The van der Waals surface area contributed by atoms with E-state index < -0.39 is 27.8 Å². The number of alkyl halides is 2. The van der Waals surface area contributed by atoms with Gasteiger partial charge in [0.05, 0.1) is 4.92 Å². The SMILES string of the molecule is O=[N+]([O-])c1cc(C(F)F)cnc1Cl. The van der Waals surface area contributed by atoms with Gasteiger partial charge in [0.25, 0.3) is 6.43 Å². The molecule has 1 rings (SSSR count). The Hall–Kier alpha value is -1.30. The Bertz CT molecular complexity index is 345. The number of pyridine rings is 1. The van der Waals surface area contributed by atoms with E-state index in [2.05, 4.69) is 4.98 Å². The van der Waals surface area contributed by atoms with Gasteiger partial charge in [-0.05, 0) is 0 Å². The highest BCUT2D eigenvalue weighted by atomic mass is 35.5. The van der Waals surface area contributed by atoms with E-state index in [4.69, 9.17) is 11.6 Å². The molecule has 4 nitrogen and oxygen atoms in total. The number of aromatic nitrogens is 1. The average Bonchev–Trinajstić information content (AvgIpc) is 2.04. The molecule has 0 saturated carbocycles. The fraction of sp³-hybridized carbons (Fsp3) is 0.167. The summed E-state index contributed by atoms with van der Waals surface area (Å²) in [6.45, 7) is 0. The predicted molar refractivity (Wildman–Crippen MR) is 40.9 cm³/mol. The Kier molecular flexibility index (Phi) is 2.72. The maximum Gasteiger partial charge on any atom is 0.306 e. The lowest BCUT2D eigenvalue weighted by atomic mass is 10.3. The highest BCUT2D eigenvalue weighted by Gasteiger charge is 2.17. The summed E-state index contributed by atoms with van der Waals surface area (Å²) >= 11 is 5.30. The van der Waals surface area contributed by atoms with Crippen molar-refractivity contribution in [3.8, 4) is 0 Å². The summed E-state index contributed by atoms with van der Waals surface area (Å²) in [6, 6.07) is 0.708. The first-order valence-electron chi connectivity index (χ1n) is 3.10. The summed E-state index contributed by atoms with van der Waals surface area (Å²) in [6.07, 6.45) is -1.98. The summed E-state index contributed by atoms with van der Waals surface area (Å²) in [5.41, 5.74) is -1.13. The number of nitrogens with zero attached hydrogens (tertiary/aromatic N) is 2. The minimum absolute atomic E-state index is 0.394. The van der Waals surface area contributed by atoms with E-state index in [1.165, 1.54) is 0 Å². The van der Waals surface area contributed by atoms with Crippen molar-refractivity contribution in [3.63, 3.8) is 0 Å². The molecule has 0 aliphatic carbocycles. The van der Waals surface area contributed by atoms with Gasteiger partial charge in [-0.2, -0.15) is 0 Å². The van der Waals surface area contributed by atoms with Gasteiger partial charge in [0.1, 0.15) is 0 Å². The Morgan fingerprint density at radius 1 is 1.62 bits per heavy atom. The molecule has 0 aliphatic rings. The molecule has 0 saturated heterocycles. The third-order valence-corrected chi connectivity index (χ3v) is 1.58. The van der Waals surface area contributed by atoms with Crippen molar-refractivity contribution >= 4 is 17.3 Å². The highest BCUT2D eigenvalue weighted by Crippen LogP contribution is 2.27. The number of rotatable bonds is 2. The lowest BCUT2D eigenvalue weighted by Crippen LogP contribution is -1.94. The molecule has 0 fully saturated rings. The van der Waals surface area contributed by atoms with Crippen LogP contribution in [0.5, 0.6) is 0 Å². The summed E-state index contributed by atoms with van der Waals surface area (Å²) in [7, 11) is 0. The predicted octanol–water partition coefficient (Wildman–Crippen LogP) is 2.58. The molecule has 0 N–H and O–H groups in total.